The number of nitrogens with one attached hydrogen (secondary N) is 1. The molecule has 0 unspecified atom stereocenters. The van der Waals surface area contributed by atoms with Crippen LogP contribution in [0.5, 0.6) is 5.75 Å². The molecule has 2 rings (SSSR count). The second kappa shape index (κ2) is 3.96. The van der Waals surface area contributed by atoms with Crippen molar-refractivity contribution in [2.75, 3.05) is 13.2 Å². The number of carbonyl (C=O) groups is 1. The van der Waals surface area contributed by atoms with Crippen LogP contribution < -0.4 is 10.1 Å². The number of hydrogen-bond donors (Lipinski definition) is 1. The van der Waals surface area contributed by atoms with Crippen molar-refractivity contribution in [3.05, 3.63) is 42.0 Å². The molecule has 14 heavy (non-hydrogen) atoms. The van der Waals surface area contributed by atoms with Crippen LogP contribution in [0.3, 0.4) is 0 Å². The first-order valence-electron chi connectivity index (χ1n) is 4.53. The summed E-state index contributed by atoms with van der Waals surface area (Å²) < 4.78 is 5.43. The maximum atomic E-state index is 11.6. The Morgan fingerprint density at radius 1 is 1.21 bits per heavy atom. The lowest BCUT2D eigenvalue weighted by atomic mass is 10.2. The second-order valence-corrected chi connectivity index (χ2v) is 2.99. The summed E-state index contributed by atoms with van der Waals surface area (Å²) in [6.45, 7) is 1.06. The third kappa shape index (κ3) is 1.76. The van der Waals surface area contributed by atoms with Gasteiger partial charge in [-0.15, -0.1) is 0 Å². The standard InChI is InChI=1S/C11H11NO2/c13-11-9-5-1-2-6-10(9)14-8-4-3-7-12-11/h1-6H,7-8H2,(H,12,13)/b4-3-. The Hall–Kier alpha value is -1.77. The zero-order valence-corrected chi connectivity index (χ0v) is 7.69. The van der Waals surface area contributed by atoms with Gasteiger partial charge in [0.25, 0.3) is 5.91 Å². The first-order chi connectivity index (χ1) is 6.88. The molecule has 0 bridgehead atoms. The number of carbonyl (C=O) groups excluding carboxylic acids is 1. The average Bonchev–Trinajstić information content (AvgIpc) is 2.30. The van der Waals surface area contributed by atoms with E-state index in [0.29, 0.717) is 24.5 Å². The van der Waals surface area contributed by atoms with Crippen molar-refractivity contribution < 1.29 is 9.53 Å². The molecule has 1 amide bonds. The van der Waals surface area contributed by atoms with E-state index in [9.17, 15) is 4.79 Å². The van der Waals surface area contributed by atoms with Gasteiger partial charge in [-0.25, -0.2) is 0 Å². The predicted octanol–water partition coefficient (Wildman–Crippen LogP) is 1.36. The first kappa shape index (κ1) is 8.81. The van der Waals surface area contributed by atoms with Crippen molar-refractivity contribution >= 4 is 5.91 Å². The van der Waals surface area contributed by atoms with Crippen LogP contribution in [0.1, 0.15) is 10.4 Å². The lowest BCUT2D eigenvalue weighted by molar-refractivity contribution is 0.0955. The maximum Gasteiger partial charge on any atom is 0.255 e. The molecule has 3 nitrogen and oxygen atoms in total. The van der Waals surface area contributed by atoms with E-state index in [1.807, 2.05) is 24.3 Å². The Bertz CT molecular complexity index is 371. The number of para-hydroxylation sites is 1. The van der Waals surface area contributed by atoms with Crippen LogP contribution >= 0.6 is 0 Å². The molecule has 0 aliphatic carbocycles. The van der Waals surface area contributed by atoms with Crippen LogP contribution in [0.2, 0.25) is 0 Å². The molecule has 0 radical (unpaired) electrons. The van der Waals surface area contributed by atoms with Gasteiger partial charge < -0.3 is 10.1 Å². The molecule has 0 fully saturated rings. The number of hydrogen-bond acceptors (Lipinski definition) is 2. The molecule has 3 heteroatoms. The van der Waals surface area contributed by atoms with Crippen LogP contribution in [0.4, 0.5) is 0 Å². The maximum absolute atomic E-state index is 11.6. The van der Waals surface area contributed by atoms with Crippen molar-refractivity contribution in [2.24, 2.45) is 0 Å². The van der Waals surface area contributed by atoms with Crippen molar-refractivity contribution in [2.45, 2.75) is 0 Å². The highest BCUT2D eigenvalue weighted by atomic mass is 16.5. The molecule has 1 N–H and O–H groups in total. The molecule has 1 heterocycles. The molecule has 0 aromatic heterocycles. The molecule has 0 saturated carbocycles. The van der Waals surface area contributed by atoms with Gasteiger partial charge in [0.2, 0.25) is 0 Å². The molecule has 0 atom stereocenters. The number of benzene rings is 1. The van der Waals surface area contributed by atoms with Gasteiger partial charge in [-0.3, -0.25) is 4.79 Å². The van der Waals surface area contributed by atoms with Gasteiger partial charge in [-0.05, 0) is 18.2 Å². The van der Waals surface area contributed by atoms with Crippen LogP contribution in [-0.2, 0) is 0 Å². The lowest BCUT2D eigenvalue weighted by Gasteiger charge is -2.07. The average molecular weight is 189 g/mol. The van der Waals surface area contributed by atoms with Crippen LogP contribution in [0, 0.1) is 0 Å². The highest BCUT2D eigenvalue weighted by Crippen LogP contribution is 2.18. The summed E-state index contributed by atoms with van der Waals surface area (Å²) in [6, 6.07) is 7.24. The molecule has 1 aliphatic heterocycles. The zero-order chi connectivity index (χ0) is 9.80. The summed E-state index contributed by atoms with van der Waals surface area (Å²) in [5.41, 5.74) is 0.594. The summed E-state index contributed by atoms with van der Waals surface area (Å²) in [6.07, 6.45) is 3.77. The molecule has 1 aromatic carbocycles. The Labute approximate surface area is 82.4 Å². The zero-order valence-electron chi connectivity index (χ0n) is 7.69. The van der Waals surface area contributed by atoms with E-state index < -0.39 is 0 Å². The fraction of sp³-hybridized carbons (Fsp3) is 0.182. The highest BCUT2D eigenvalue weighted by Gasteiger charge is 2.11. The molecule has 0 spiro atoms. The molecular weight excluding hydrogens is 178 g/mol. The summed E-state index contributed by atoms with van der Waals surface area (Å²) in [4.78, 5) is 11.6. The van der Waals surface area contributed by atoms with E-state index in [4.69, 9.17) is 4.74 Å². The van der Waals surface area contributed by atoms with E-state index in [0.717, 1.165) is 0 Å². The summed E-state index contributed by atoms with van der Waals surface area (Å²) in [5.74, 6) is 0.545. The van der Waals surface area contributed by atoms with E-state index >= 15 is 0 Å². The van der Waals surface area contributed by atoms with Gasteiger partial charge in [0.15, 0.2) is 0 Å². The smallest absolute Gasteiger partial charge is 0.255 e. The van der Waals surface area contributed by atoms with Crippen molar-refractivity contribution in [1.29, 1.82) is 0 Å². The lowest BCUT2D eigenvalue weighted by Crippen LogP contribution is -2.23. The minimum atomic E-state index is -0.0906. The van der Waals surface area contributed by atoms with E-state index in [-0.39, 0.29) is 5.91 Å². The van der Waals surface area contributed by atoms with Crippen molar-refractivity contribution in [3.63, 3.8) is 0 Å². The van der Waals surface area contributed by atoms with Crippen LogP contribution in [-0.4, -0.2) is 19.1 Å². The third-order valence-corrected chi connectivity index (χ3v) is 2.01. The third-order valence-electron chi connectivity index (χ3n) is 2.01. The van der Waals surface area contributed by atoms with E-state index in [2.05, 4.69) is 5.32 Å². The van der Waals surface area contributed by atoms with Gasteiger partial charge in [-0.1, -0.05) is 18.2 Å². The fourth-order valence-corrected chi connectivity index (χ4v) is 1.32. The summed E-state index contributed by atoms with van der Waals surface area (Å²) >= 11 is 0. The predicted molar refractivity (Wildman–Crippen MR) is 53.4 cm³/mol. The van der Waals surface area contributed by atoms with Gasteiger partial charge in [-0.2, -0.15) is 0 Å². The number of rotatable bonds is 0. The minimum Gasteiger partial charge on any atom is -0.489 e. The topological polar surface area (TPSA) is 38.3 Å². The van der Waals surface area contributed by atoms with Crippen molar-refractivity contribution in [3.8, 4) is 5.75 Å². The first-order valence-corrected chi connectivity index (χ1v) is 4.53. The monoisotopic (exact) mass is 189 g/mol. The Morgan fingerprint density at radius 3 is 3.00 bits per heavy atom. The van der Waals surface area contributed by atoms with E-state index in [1.54, 1.807) is 12.1 Å². The Balaban J connectivity index is 2.36. The molecule has 0 saturated heterocycles. The SMILES string of the molecule is O=C1NC/C=C\COc2ccccc21. The number of ether oxygens (including phenoxy) is 1. The van der Waals surface area contributed by atoms with Crippen LogP contribution in [0.25, 0.3) is 0 Å². The van der Waals surface area contributed by atoms with Crippen LogP contribution in [0.15, 0.2) is 36.4 Å². The summed E-state index contributed by atoms with van der Waals surface area (Å²) in [5, 5.41) is 2.77. The molecular formula is C11H11NO2. The molecule has 1 aromatic rings. The Kier molecular flexibility index (Phi) is 2.49. The molecule has 72 valence electrons. The quantitative estimate of drug-likeness (QED) is 0.626. The van der Waals surface area contributed by atoms with Gasteiger partial charge in [0, 0.05) is 6.54 Å². The summed E-state index contributed by atoms with van der Waals surface area (Å²) in [7, 11) is 0. The van der Waals surface area contributed by atoms with Gasteiger partial charge >= 0.3 is 0 Å². The van der Waals surface area contributed by atoms with E-state index in [1.165, 1.54) is 0 Å². The normalized spacial score (nSPS) is 17.9. The largest absolute Gasteiger partial charge is 0.489 e. The number of amides is 1. The second-order valence-electron chi connectivity index (χ2n) is 2.99. The number of fused-ring (bicyclic) bond motifs is 1. The highest BCUT2D eigenvalue weighted by molar-refractivity contribution is 5.97. The molecule has 1 aliphatic rings. The fourth-order valence-electron chi connectivity index (χ4n) is 1.32. The van der Waals surface area contributed by atoms with Crippen molar-refractivity contribution in [1.82, 2.24) is 5.32 Å². The van der Waals surface area contributed by atoms with Gasteiger partial charge in [0.1, 0.15) is 12.4 Å². The minimum absolute atomic E-state index is 0.0906. The Morgan fingerprint density at radius 2 is 2.07 bits per heavy atom. The van der Waals surface area contributed by atoms with Gasteiger partial charge in [0.05, 0.1) is 5.56 Å².